The van der Waals surface area contributed by atoms with E-state index in [1.165, 1.54) is 33.5 Å². The average Bonchev–Trinajstić information content (AvgIpc) is 2.90. The van der Waals surface area contributed by atoms with Gasteiger partial charge in [0.1, 0.15) is 23.7 Å². The highest BCUT2D eigenvalue weighted by Gasteiger charge is 2.38. The number of urea groups is 1. The number of hydrogen-bond acceptors (Lipinski definition) is 7. The van der Waals surface area contributed by atoms with E-state index in [9.17, 15) is 14.4 Å². The van der Waals surface area contributed by atoms with E-state index in [1.807, 2.05) is 30.3 Å². The van der Waals surface area contributed by atoms with Crippen LogP contribution < -0.4 is 29.2 Å². The average molecular weight is 488 g/mol. The van der Waals surface area contributed by atoms with Crippen molar-refractivity contribution in [2.45, 2.75) is 6.61 Å². The largest absolute Gasteiger partial charge is 0.497 e. The number of anilines is 1. The molecule has 9 nitrogen and oxygen atoms in total. The number of imide groups is 2. The van der Waals surface area contributed by atoms with Crippen LogP contribution in [0, 0.1) is 0 Å². The third-order valence-corrected chi connectivity index (χ3v) is 5.46. The predicted molar refractivity (Wildman–Crippen MR) is 132 cm³/mol. The highest BCUT2D eigenvalue weighted by atomic mass is 16.5. The number of carbonyl (C=O) groups excluding carboxylic acids is 3. The van der Waals surface area contributed by atoms with Crippen molar-refractivity contribution in [3.8, 4) is 23.0 Å². The van der Waals surface area contributed by atoms with Crippen molar-refractivity contribution >= 4 is 29.6 Å². The molecule has 0 radical (unpaired) electrons. The number of rotatable bonds is 8. The van der Waals surface area contributed by atoms with E-state index in [0.29, 0.717) is 29.4 Å². The first-order chi connectivity index (χ1) is 17.4. The van der Waals surface area contributed by atoms with E-state index < -0.39 is 17.8 Å². The summed E-state index contributed by atoms with van der Waals surface area (Å²) in [5.74, 6) is -0.0309. The number of hydrogen-bond donors (Lipinski definition) is 1. The molecule has 0 aromatic heterocycles. The normalized spacial score (nSPS) is 14.5. The molecule has 3 aromatic carbocycles. The Labute approximate surface area is 207 Å². The standard InChI is InChI=1S/C27H24N2O7/c1-33-19-10-12-22(34-2)21(15-19)29-26(31)20(25(30)28-27(29)32)13-18-9-11-23(24(14-18)35-3)36-16-17-7-5-4-6-8-17/h4-15H,16H2,1-3H3,(H,28,30,32)/b20-13-. The summed E-state index contributed by atoms with van der Waals surface area (Å²) in [6.45, 7) is 0.345. The van der Waals surface area contributed by atoms with Gasteiger partial charge in [-0.1, -0.05) is 36.4 Å². The van der Waals surface area contributed by atoms with Crippen LogP contribution >= 0.6 is 0 Å². The lowest BCUT2D eigenvalue weighted by Crippen LogP contribution is -2.54. The number of amides is 4. The Morgan fingerprint density at radius 2 is 1.53 bits per heavy atom. The molecule has 1 N–H and O–H groups in total. The van der Waals surface area contributed by atoms with Crippen LogP contribution in [0.15, 0.2) is 72.3 Å². The van der Waals surface area contributed by atoms with Gasteiger partial charge in [0.25, 0.3) is 11.8 Å². The molecule has 1 fully saturated rings. The number of barbiturate groups is 1. The van der Waals surface area contributed by atoms with Gasteiger partial charge < -0.3 is 18.9 Å². The zero-order valence-electron chi connectivity index (χ0n) is 19.9. The van der Waals surface area contributed by atoms with E-state index in [0.717, 1.165) is 10.5 Å². The second-order valence-electron chi connectivity index (χ2n) is 7.68. The molecule has 36 heavy (non-hydrogen) atoms. The van der Waals surface area contributed by atoms with Crippen LogP contribution in [-0.4, -0.2) is 39.2 Å². The van der Waals surface area contributed by atoms with Gasteiger partial charge in [-0.25, -0.2) is 9.69 Å². The van der Waals surface area contributed by atoms with Crippen molar-refractivity contribution in [2.24, 2.45) is 0 Å². The van der Waals surface area contributed by atoms with Crippen molar-refractivity contribution in [3.63, 3.8) is 0 Å². The molecule has 184 valence electrons. The molecule has 4 rings (SSSR count). The lowest BCUT2D eigenvalue weighted by Gasteiger charge is -2.27. The van der Waals surface area contributed by atoms with Gasteiger partial charge in [-0.3, -0.25) is 14.9 Å². The fraction of sp³-hybridized carbons (Fsp3) is 0.148. The summed E-state index contributed by atoms with van der Waals surface area (Å²) in [4.78, 5) is 39.4. The predicted octanol–water partition coefficient (Wildman–Crippen LogP) is 3.96. The first-order valence-electron chi connectivity index (χ1n) is 10.9. The third kappa shape index (κ3) is 5.00. The van der Waals surface area contributed by atoms with E-state index in [4.69, 9.17) is 18.9 Å². The maximum atomic E-state index is 13.3. The maximum absolute atomic E-state index is 13.3. The van der Waals surface area contributed by atoms with Crippen molar-refractivity contribution in [1.29, 1.82) is 0 Å². The molecule has 1 heterocycles. The van der Waals surface area contributed by atoms with Crippen LogP contribution in [0.2, 0.25) is 0 Å². The lowest BCUT2D eigenvalue weighted by atomic mass is 10.1. The van der Waals surface area contributed by atoms with Crippen LogP contribution in [0.4, 0.5) is 10.5 Å². The van der Waals surface area contributed by atoms with Crippen LogP contribution in [0.3, 0.4) is 0 Å². The van der Waals surface area contributed by atoms with Gasteiger partial charge in [0.2, 0.25) is 0 Å². The molecule has 3 aromatic rings. The Balaban J connectivity index is 1.64. The SMILES string of the molecule is COc1ccc(OC)c(N2C(=O)NC(=O)/C(=C/c3ccc(OCc4ccccc4)c(OC)c3)C2=O)c1. The molecule has 0 unspecified atom stereocenters. The van der Waals surface area contributed by atoms with Gasteiger partial charge in [0.15, 0.2) is 11.5 Å². The Morgan fingerprint density at radius 1 is 0.806 bits per heavy atom. The monoisotopic (exact) mass is 488 g/mol. The Hall–Kier alpha value is -4.79. The Kier molecular flexibility index (Phi) is 7.20. The molecule has 1 saturated heterocycles. The summed E-state index contributed by atoms with van der Waals surface area (Å²) in [5, 5.41) is 2.20. The number of benzene rings is 3. The number of nitrogens with zero attached hydrogens (tertiary/aromatic N) is 1. The number of nitrogens with one attached hydrogen (secondary N) is 1. The van der Waals surface area contributed by atoms with Gasteiger partial charge >= 0.3 is 6.03 Å². The van der Waals surface area contributed by atoms with Gasteiger partial charge in [0, 0.05) is 6.07 Å². The second-order valence-corrected chi connectivity index (χ2v) is 7.68. The molecule has 0 atom stereocenters. The Morgan fingerprint density at radius 3 is 2.22 bits per heavy atom. The molecular weight excluding hydrogens is 464 g/mol. The second kappa shape index (κ2) is 10.6. The third-order valence-electron chi connectivity index (χ3n) is 5.46. The van der Waals surface area contributed by atoms with Crippen LogP contribution in [0.5, 0.6) is 23.0 Å². The molecule has 1 aliphatic rings. The van der Waals surface area contributed by atoms with E-state index in [1.54, 1.807) is 30.3 Å². The molecule has 0 bridgehead atoms. The summed E-state index contributed by atoms with van der Waals surface area (Å²) >= 11 is 0. The van der Waals surface area contributed by atoms with Crippen molar-refractivity contribution in [3.05, 3.63) is 83.4 Å². The number of carbonyl (C=O) groups is 3. The van der Waals surface area contributed by atoms with Gasteiger partial charge in [0.05, 0.1) is 27.0 Å². The summed E-state index contributed by atoms with van der Waals surface area (Å²) in [5.41, 5.74) is 1.40. The van der Waals surface area contributed by atoms with Crippen molar-refractivity contribution < 1.29 is 33.3 Å². The van der Waals surface area contributed by atoms with E-state index >= 15 is 0 Å². The minimum atomic E-state index is -0.893. The minimum Gasteiger partial charge on any atom is -0.497 e. The minimum absolute atomic E-state index is 0.139. The highest BCUT2D eigenvalue weighted by Crippen LogP contribution is 2.35. The molecule has 1 aliphatic heterocycles. The van der Waals surface area contributed by atoms with Gasteiger partial charge in [-0.15, -0.1) is 0 Å². The van der Waals surface area contributed by atoms with Crippen LogP contribution in [-0.2, 0) is 16.2 Å². The zero-order chi connectivity index (χ0) is 25.7. The first kappa shape index (κ1) is 24.3. The molecule has 9 heteroatoms. The zero-order valence-corrected chi connectivity index (χ0v) is 19.9. The molecule has 0 spiro atoms. The van der Waals surface area contributed by atoms with Crippen LogP contribution in [0.25, 0.3) is 6.08 Å². The Bertz CT molecular complexity index is 1340. The molecule has 0 saturated carbocycles. The van der Waals surface area contributed by atoms with Gasteiger partial charge in [-0.05, 0) is 41.5 Å². The summed E-state index contributed by atoms with van der Waals surface area (Å²) in [7, 11) is 4.36. The lowest BCUT2D eigenvalue weighted by molar-refractivity contribution is -0.122. The van der Waals surface area contributed by atoms with Crippen molar-refractivity contribution in [1.82, 2.24) is 5.32 Å². The number of methoxy groups -OCH3 is 3. The van der Waals surface area contributed by atoms with Gasteiger partial charge in [-0.2, -0.15) is 0 Å². The molecular formula is C27H24N2O7. The summed E-state index contributed by atoms with van der Waals surface area (Å²) < 4.78 is 21.8. The fourth-order valence-corrected chi connectivity index (χ4v) is 3.64. The maximum Gasteiger partial charge on any atom is 0.336 e. The van der Waals surface area contributed by atoms with E-state index in [2.05, 4.69) is 5.32 Å². The van der Waals surface area contributed by atoms with Crippen LogP contribution in [0.1, 0.15) is 11.1 Å². The molecule has 0 aliphatic carbocycles. The topological polar surface area (TPSA) is 103 Å². The smallest absolute Gasteiger partial charge is 0.336 e. The van der Waals surface area contributed by atoms with E-state index in [-0.39, 0.29) is 17.0 Å². The summed E-state index contributed by atoms with van der Waals surface area (Å²) in [6.07, 6.45) is 1.38. The first-order valence-corrected chi connectivity index (χ1v) is 10.9. The quantitative estimate of drug-likeness (QED) is 0.378. The van der Waals surface area contributed by atoms with Crippen molar-refractivity contribution in [2.75, 3.05) is 26.2 Å². The summed E-state index contributed by atoms with van der Waals surface area (Å²) in [6, 6.07) is 18.5. The number of ether oxygens (including phenoxy) is 4. The highest BCUT2D eigenvalue weighted by molar-refractivity contribution is 6.39. The fourth-order valence-electron chi connectivity index (χ4n) is 3.64. The molecule has 4 amide bonds.